The van der Waals surface area contributed by atoms with Gasteiger partial charge in [0, 0.05) is 63.2 Å². The molecule has 1 aliphatic rings. The van der Waals surface area contributed by atoms with Gasteiger partial charge in [0.05, 0.1) is 17.7 Å². The van der Waals surface area contributed by atoms with Crippen LogP contribution in [0.5, 0.6) is 11.5 Å². The maximum atomic E-state index is 6.98. The molecular formula is C58H60N4O. The monoisotopic (exact) mass is 828 g/mol. The fraction of sp³-hybridized carbons (Fsp3) is 0.259. The molecule has 318 valence electrons. The zero-order valence-corrected chi connectivity index (χ0v) is 38.6. The van der Waals surface area contributed by atoms with E-state index in [1.54, 1.807) is 0 Å². The Morgan fingerprint density at radius 1 is 0.492 bits per heavy atom. The Balaban J connectivity index is 1.13. The number of pyridine rings is 1. The van der Waals surface area contributed by atoms with Crippen LogP contribution in [0, 0.1) is 0 Å². The molecule has 9 rings (SSSR count). The number of para-hydroxylation sites is 1. The van der Waals surface area contributed by atoms with E-state index < -0.39 is 0 Å². The molecule has 0 atom stereocenters. The van der Waals surface area contributed by atoms with E-state index in [2.05, 4.69) is 248 Å². The molecule has 5 nitrogen and oxygen atoms in total. The third kappa shape index (κ3) is 7.79. The second-order valence-electron chi connectivity index (χ2n) is 20.3. The largest absolute Gasteiger partial charge is 0.457 e. The standard InChI is InChI=1S/C58H60N4O/c1-55(2,3)42-25-19-27-45(33-42)61-39-60(38-52(61)58(9,10)41-23-15-12-16-24-41)44-26-20-28-46(35-44)63-47-36-49(56(4,5)6)54-48-29-17-18-30-50(48)62(51(54)37-47)53-34-43(31-32-59-53)57(7,8)40-21-13-11-14-22-40/h11-38H,39H2,1-10H3. The van der Waals surface area contributed by atoms with E-state index >= 15 is 0 Å². The number of anilines is 2. The smallest absolute Gasteiger partial charge is 0.137 e. The molecule has 6 aromatic carbocycles. The van der Waals surface area contributed by atoms with Crippen molar-refractivity contribution in [3.05, 3.63) is 204 Å². The Labute approximate surface area is 374 Å². The van der Waals surface area contributed by atoms with Crippen molar-refractivity contribution < 1.29 is 4.74 Å². The summed E-state index contributed by atoms with van der Waals surface area (Å²) in [5.74, 6) is 2.46. The van der Waals surface area contributed by atoms with E-state index in [0.29, 0.717) is 6.67 Å². The van der Waals surface area contributed by atoms with Gasteiger partial charge in [-0.1, -0.05) is 166 Å². The van der Waals surface area contributed by atoms with Crippen molar-refractivity contribution >= 4 is 33.2 Å². The lowest BCUT2D eigenvalue weighted by Gasteiger charge is -2.34. The first-order valence-electron chi connectivity index (χ1n) is 22.3. The summed E-state index contributed by atoms with van der Waals surface area (Å²) in [5.41, 5.74) is 11.4. The van der Waals surface area contributed by atoms with Gasteiger partial charge in [-0.25, -0.2) is 4.98 Å². The molecule has 2 aromatic heterocycles. The van der Waals surface area contributed by atoms with Crippen LogP contribution in [0.4, 0.5) is 11.4 Å². The van der Waals surface area contributed by atoms with Crippen LogP contribution in [-0.2, 0) is 21.7 Å². The second-order valence-corrected chi connectivity index (χ2v) is 20.3. The van der Waals surface area contributed by atoms with Crippen LogP contribution >= 0.6 is 0 Å². The van der Waals surface area contributed by atoms with Crippen LogP contribution in [0.2, 0.25) is 0 Å². The van der Waals surface area contributed by atoms with E-state index in [9.17, 15) is 0 Å². The van der Waals surface area contributed by atoms with Gasteiger partial charge in [-0.2, -0.15) is 0 Å². The summed E-state index contributed by atoms with van der Waals surface area (Å²) in [6, 6.07) is 56.7. The molecule has 0 amide bonds. The van der Waals surface area contributed by atoms with Gasteiger partial charge in [0.1, 0.15) is 17.3 Å². The van der Waals surface area contributed by atoms with E-state index in [0.717, 1.165) is 34.0 Å². The minimum Gasteiger partial charge on any atom is -0.457 e. The molecule has 1 aliphatic heterocycles. The lowest BCUT2D eigenvalue weighted by molar-refractivity contribution is 0.480. The molecular weight excluding hydrogens is 769 g/mol. The van der Waals surface area contributed by atoms with Crippen LogP contribution in [0.1, 0.15) is 97.1 Å². The molecule has 0 fully saturated rings. The first-order chi connectivity index (χ1) is 30.0. The topological polar surface area (TPSA) is 33.5 Å². The van der Waals surface area contributed by atoms with E-state index in [-0.39, 0.29) is 21.7 Å². The first kappa shape index (κ1) is 41.7. The van der Waals surface area contributed by atoms with Crippen molar-refractivity contribution in [2.24, 2.45) is 0 Å². The van der Waals surface area contributed by atoms with Gasteiger partial charge >= 0.3 is 0 Å². The molecule has 63 heavy (non-hydrogen) atoms. The average Bonchev–Trinajstić information content (AvgIpc) is 3.88. The second kappa shape index (κ2) is 15.6. The highest BCUT2D eigenvalue weighted by Gasteiger charge is 2.36. The van der Waals surface area contributed by atoms with Gasteiger partial charge in [0.15, 0.2) is 0 Å². The highest BCUT2D eigenvalue weighted by molar-refractivity contribution is 6.11. The molecule has 0 saturated heterocycles. The molecule has 0 aliphatic carbocycles. The zero-order chi connectivity index (χ0) is 44.3. The Hall–Kier alpha value is -6.59. The van der Waals surface area contributed by atoms with E-state index in [1.807, 2.05) is 6.20 Å². The van der Waals surface area contributed by atoms with Crippen molar-refractivity contribution in [3.63, 3.8) is 0 Å². The van der Waals surface area contributed by atoms with Gasteiger partial charge in [0.25, 0.3) is 0 Å². The molecule has 0 unspecified atom stereocenters. The van der Waals surface area contributed by atoms with Gasteiger partial charge in [-0.15, -0.1) is 0 Å². The van der Waals surface area contributed by atoms with Crippen molar-refractivity contribution in [1.82, 2.24) is 9.55 Å². The number of allylic oxidation sites excluding steroid dienone is 1. The third-order valence-electron chi connectivity index (χ3n) is 13.2. The van der Waals surface area contributed by atoms with Gasteiger partial charge in [-0.3, -0.25) is 4.57 Å². The number of ether oxygens (including phenoxy) is 1. The summed E-state index contributed by atoms with van der Waals surface area (Å²) in [7, 11) is 0. The lowest BCUT2D eigenvalue weighted by atomic mass is 9.78. The Kier molecular flexibility index (Phi) is 10.4. The molecule has 0 spiro atoms. The summed E-state index contributed by atoms with van der Waals surface area (Å²) >= 11 is 0. The number of hydrogen-bond donors (Lipinski definition) is 0. The fourth-order valence-electron chi connectivity index (χ4n) is 9.29. The van der Waals surface area contributed by atoms with Crippen LogP contribution in [0.3, 0.4) is 0 Å². The highest BCUT2D eigenvalue weighted by Crippen LogP contribution is 2.45. The minimum atomic E-state index is -0.259. The summed E-state index contributed by atoms with van der Waals surface area (Å²) in [6.07, 6.45) is 4.28. The SMILES string of the molecule is CC(C)(C)c1cccc(N2CN(c3cccc(Oc4cc(C(C)(C)C)c5c6ccccc6n(-c6cc(C(C)(C)c7ccccc7)ccn6)c5c4)c3)C=C2C(C)(C)c2ccccc2)c1. The molecule has 3 heterocycles. The summed E-state index contributed by atoms with van der Waals surface area (Å²) in [5, 5.41) is 2.42. The minimum absolute atomic E-state index is 0.0317. The van der Waals surface area contributed by atoms with Gasteiger partial charge < -0.3 is 14.5 Å². The Bertz CT molecular complexity index is 2980. The molecule has 0 radical (unpaired) electrons. The normalized spacial score (nSPS) is 13.8. The van der Waals surface area contributed by atoms with Gasteiger partial charge in [-0.05, 0) is 87.2 Å². The Morgan fingerprint density at radius 2 is 1.13 bits per heavy atom. The number of fused-ring (bicyclic) bond motifs is 3. The van der Waals surface area contributed by atoms with Gasteiger partial charge in [0.2, 0.25) is 0 Å². The zero-order valence-electron chi connectivity index (χ0n) is 38.6. The molecule has 8 aromatic rings. The first-order valence-corrected chi connectivity index (χ1v) is 22.3. The Morgan fingerprint density at radius 3 is 1.83 bits per heavy atom. The van der Waals surface area contributed by atoms with E-state index in [1.165, 1.54) is 50.0 Å². The van der Waals surface area contributed by atoms with Crippen molar-refractivity contribution in [3.8, 4) is 17.3 Å². The number of nitrogens with zero attached hydrogens (tertiary/aromatic N) is 4. The predicted octanol–water partition coefficient (Wildman–Crippen LogP) is 15.0. The molecule has 5 heteroatoms. The predicted molar refractivity (Wildman–Crippen MR) is 265 cm³/mol. The highest BCUT2D eigenvalue weighted by atomic mass is 16.5. The number of benzene rings is 6. The van der Waals surface area contributed by atoms with Crippen molar-refractivity contribution in [2.75, 3.05) is 16.5 Å². The van der Waals surface area contributed by atoms with Crippen LogP contribution in [0.15, 0.2) is 176 Å². The van der Waals surface area contributed by atoms with Crippen LogP contribution in [-0.4, -0.2) is 16.2 Å². The quantitative estimate of drug-likeness (QED) is 0.145. The van der Waals surface area contributed by atoms with E-state index in [4.69, 9.17) is 9.72 Å². The van der Waals surface area contributed by atoms with Crippen molar-refractivity contribution in [1.29, 1.82) is 0 Å². The molecule has 0 N–H and O–H groups in total. The summed E-state index contributed by atoms with van der Waals surface area (Å²) in [6.45, 7) is 23.6. The average molecular weight is 829 g/mol. The maximum absolute atomic E-state index is 6.98. The summed E-state index contributed by atoms with van der Waals surface area (Å²) < 4.78 is 9.30. The number of aromatic nitrogens is 2. The fourth-order valence-corrected chi connectivity index (χ4v) is 9.29. The molecule has 0 bridgehead atoms. The third-order valence-corrected chi connectivity index (χ3v) is 13.2. The van der Waals surface area contributed by atoms with Crippen molar-refractivity contribution in [2.45, 2.75) is 90.9 Å². The number of hydrogen-bond acceptors (Lipinski definition) is 4. The lowest BCUT2D eigenvalue weighted by Crippen LogP contribution is -2.34. The van der Waals surface area contributed by atoms with Crippen LogP contribution in [0.25, 0.3) is 27.6 Å². The number of rotatable bonds is 9. The molecule has 0 saturated carbocycles. The maximum Gasteiger partial charge on any atom is 0.137 e. The summed E-state index contributed by atoms with van der Waals surface area (Å²) in [4.78, 5) is 9.87. The van der Waals surface area contributed by atoms with Crippen LogP contribution < -0.4 is 14.5 Å².